The van der Waals surface area contributed by atoms with E-state index < -0.39 is 17.2 Å². The largest absolute Gasteiger partial charge is 0.393 e. The van der Waals surface area contributed by atoms with Gasteiger partial charge in [0.2, 0.25) is 6.04 Å². The van der Waals surface area contributed by atoms with Crippen molar-refractivity contribution in [3.05, 3.63) is 91.5 Å². The molecule has 3 atom stereocenters. The van der Waals surface area contributed by atoms with Gasteiger partial charge >= 0.3 is 0 Å². The van der Waals surface area contributed by atoms with Gasteiger partial charge in [-0.1, -0.05) is 65.8 Å². The molecule has 2 N–H and O–H groups in total. The molecule has 5 nitrogen and oxygen atoms in total. The second-order valence-corrected chi connectivity index (χ2v) is 7.26. The van der Waals surface area contributed by atoms with Crippen LogP contribution in [0.4, 0.5) is 0 Å². The van der Waals surface area contributed by atoms with Crippen molar-refractivity contribution in [1.82, 2.24) is 0 Å². The van der Waals surface area contributed by atoms with E-state index in [2.05, 4.69) is 6.07 Å². The molecule has 2 aromatic carbocycles. The first-order valence-electron chi connectivity index (χ1n) is 7.53. The highest BCUT2D eigenvalue weighted by Gasteiger charge is 2.48. The number of nitriles is 1. The fourth-order valence-corrected chi connectivity index (χ4v) is 4.46. The Bertz CT molecular complexity index is 862. The number of nitrogens with two attached hydrogens (primary N) is 1. The number of benzene rings is 2. The van der Waals surface area contributed by atoms with Crippen LogP contribution in [-0.2, 0) is 0 Å². The fraction of sp³-hybridized carbons (Fsp3) is 0.167. The van der Waals surface area contributed by atoms with Crippen LogP contribution in [0.5, 0.6) is 0 Å². The topological polar surface area (TPSA) is 93.0 Å². The Labute approximate surface area is 154 Å². The van der Waals surface area contributed by atoms with Gasteiger partial charge in [-0.25, -0.2) is 0 Å². The predicted octanol–water partition coefficient (Wildman–Crippen LogP) is 4.25. The van der Waals surface area contributed by atoms with E-state index >= 15 is 0 Å². The lowest BCUT2D eigenvalue weighted by molar-refractivity contribution is -0.525. The highest BCUT2D eigenvalue weighted by molar-refractivity contribution is 8.03. The number of nitro groups is 1. The van der Waals surface area contributed by atoms with Crippen LogP contribution in [0, 0.1) is 21.4 Å². The average molecular weight is 372 g/mol. The highest BCUT2D eigenvalue weighted by atomic mass is 35.5. The summed E-state index contributed by atoms with van der Waals surface area (Å²) in [6.45, 7) is 0. The first kappa shape index (κ1) is 17.3. The molecule has 126 valence electrons. The molecule has 2 aromatic rings. The van der Waals surface area contributed by atoms with Crippen molar-refractivity contribution >= 4 is 23.4 Å². The molecule has 0 unspecified atom stereocenters. The molecule has 7 heteroatoms. The van der Waals surface area contributed by atoms with Crippen molar-refractivity contribution < 1.29 is 4.92 Å². The minimum atomic E-state index is -1.00. The smallest absolute Gasteiger partial charge is 0.240 e. The van der Waals surface area contributed by atoms with Gasteiger partial charge in [-0.15, -0.1) is 0 Å². The van der Waals surface area contributed by atoms with Crippen LogP contribution in [0.25, 0.3) is 0 Å². The fourth-order valence-electron chi connectivity index (χ4n) is 3.07. The zero-order valence-electron chi connectivity index (χ0n) is 13.0. The maximum Gasteiger partial charge on any atom is 0.240 e. The molecule has 1 heterocycles. The van der Waals surface area contributed by atoms with Gasteiger partial charge in [0.05, 0.1) is 22.6 Å². The molecule has 0 aromatic heterocycles. The normalized spacial score (nSPS) is 23.1. The Hall–Kier alpha value is -2.49. The van der Waals surface area contributed by atoms with Crippen LogP contribution in [-0.4, -0.2) is 11.0 Å². The average Bonchev–Trinajstić information content (AvgIpc) is 2.62. The number of hydrogen-bond donors (Lipinski definition) is 1. The molecule has 0 radical (unpaired) electrons. The number of nitrogens with zero attached hydrogens (tertiary/aromatic N) is 2. The summed E-state index contributed by atoms with van der Waals surface area (Å²) in [4.78, 5) is 11.6. The first-order valence-corrected chi connectivity index (χ1v) is 8.79. The van der Waals surface area contributed by atoms with E-state index in [1.54, 1.807) is 24.3 Å². The van der Waals surface area contributed by atoms with Crippen molar-refractivity contribution in [3.8, 4) is 6.07 Å². The molecule has 25 heavy (non-hydrogen) atoms. The first-order chi connectivity index (χ1) is 12.0. The van der Waals surface area contributed by atoms with Crippen LogP contribution in [0.15, 0.2) is 65.2 Å². The summed E-state index contributed by atoms with van der Waals surface area (Å²) < 4.78 is 0. The molecule has 0 aliphatic carbocycles. The van der Waals surface area contributed by atoms with E-state index in [4.69, 9.17) is 17.3 Å². The van der Waals surface area contributed by atoms with E-state index in [1.165, 1.54) is 11.8 Å². The molecular weight excluding hydrogens is 358 g/mol. The minimum absolute atomic E-state index is 0.237. The molecule has 3 rings (SSSR count). The molecule has 0 spiro atoms. The second kappa shape index (κ2) is 7.18. The van der Waals surface area contributed by atoms with E-state index in [0.717, 1.165) is 5.56 Å². The number of rotatable bonds is 3. The van der Waals surface area contributed by atoms with Crippen molar-refractivity contribution in [1.29, 1.82) is 5.26 Å². The molecule has 0 fully saturated rings. The van der Waals surface area contributed by atoms with Crippen LogP contribution in [0.2, 0.25) is 5.02 Å². The molecular formula is C18H14ClN3O2S. The van der Waals surface area contributed by atoms with Crippen molar-refractivity contribution in [2.75, 3.05) is 0 Å². The van der Waals surface area contributed by atoms with Crippen molar-refractivity contribution in [3.63, 3.8) is 0 Å². The maximum atomic E-state index is 12.0. The van der Waals surface area contributed by atoms with Gasteiger partial charge in [-0.2, -0.15) is 5.26 Å². The van der Waals surface area contributed by atoms with Crippen LogP contribution >= 0.6 is 23.4 Å². The molecule has 1 aliphatic heterocycles. The molecule has 0 saturated heterocycles. The lowest BCUT2D eigenvalue weighted by Gasteiger charge is -2.32. The van der Waals surface area contributed by atoms with Gasteiger partial charge in [-0.05, 0) is 23.3 Å². The summed E-state index contributed by atoms with van der Waals surface area (Å²) in [6, 6.07) is 17.0. The molecule has 0 amide bonds. The van der Waals surface area contributed by atoms with Gasteiger partial charge in [0.15, 0.2) is 0 Å². The van der Waals surface area contributed by atoms with E-state index in [0.29, 0.717) is 15.6 Å². The van der Waals surface area contributed by atoms with Crippen LogP contribution < -0.4 is 5.73 Å². The SMILES string of the molecule is N#CC1=C(N)S[C@H](c2ccccc2)[C@H]([N+](=O)[O-])[C@@H]1c1ccc(Cl)cc1. The summed E-state index contributed by atoms with van der Waals surface area (Å²) in [5.74, 6) is -0.719. The third-order valence-corrected chi connectivity index (χ3v) is 5.73. The lowest BCUT2D eigenvalue weighted by Crippen LogP contribution is -2.37. The van der Waals surface area contributed by atoms with Gasteiger partial charge in [-0.3, -0.25) is 10.1 Å². The Morgan fingerprint density at radius 3 is 2.32 bits per heavy atom. The Morgan fingerprint density at radius 2 is 1.76 bits per heavy atom. The summed E-state index contributed by atoms with van der Waals surface area (Å²) in [6.07, 6.45) is 0. The monoisotopic (exact) mass is 371 g/mol. The number of thioether (sulfide) groups is 1. The third-order valence-electron chi connectivity index (χ3n) is 4.20. The predicted molar refractivity (Wildman–Crippen MR) is 98.6 cm³/mol. The Balaban J connectivity index is 2.17. The van der Waals surface area contributed by atoms with Gasteiger partial charge in [0, 0.05) is 9.95 Å². The Kier molecular flexibility index (Phi) is 4.98. The van der Waals surface area contributed by atoms with Crippen molar-refractivity contribution in [2.24, 2.45) is 5.73 Å². The lowest BCUT2D eigenvalue weighted by atomic mass is 9.82. The van der Waals surface area contributed by atoms with Crippen LogP contribution in [0.1, 0.15) is 22.3 Å². The quantitative estimate of drug-likeness (QED) is 0.643. The molecule has 0 bridgehead atoms. The third kappa shape index (κ3) is 3.34. The zero-order valence-corrected chi connectivity index (χ0v) is 14.6. The highest BCUT2D eigenvalue weighted by Crippen LogP contribution is 2.50. The van der Waals surface area contributed by atoms with Crippen LogP contribution in [0.3, 0.4) is 0 Å². The Morgan fingerprint density at radius 1 is 1.12 bits per heavy atom. The summed E-state index contributed by atoms with van der Waals surface area (Å²) in [7, 11) is 0. The summed E-state index contributed by atoms with van der Waals surface area (Å²) in [5, 5.41) is 21.9. The second-order valence-electron chi connectivity index (χ2n) is 5.64. The van der Waals surface area contributed by atoms with Crippen molar-refractivity contribution in [2.45, 2.75) is 17.2 Å². The number of halogens is 1. The van der Waals surface area contributed by atoms with Gasteiger partial charge < -0.3 is 5.73 Å². The van der Waals surface area contributed by atoms with E-state index in [9.17, 15) is 15.4 Å². The van der Waals surface area contributed by atoms with Gasteiger partial charge in [0.25, 0.3) is 0 Å². The van der Waals surface area contributed by atoms with E-state index in [1.807, 2.05) is 30.3 Å². The zero-order chi connectivity index (χ0) is 18.0. The maximum absolute atomic E-state index is 12.0. The number of hydrogen-bond acceptors (Lipinski definition) is 5. The van der Waals surface area contributed by atoms with E-state index in [-0.39, 0.29) is 10.5 Å². The summed E-state index contributed by atoms with van der Waals surface area (Å²) in [5.41, 5.74) is 7.82. The summed E-state index contributed by atoms with van der Waals surface area (Å²) >= 11 is 7.11. The molecule has 0 saturated carbocycles. The standard InChI is InChI=1S/C18H14ClN3O2S/c19-13-8-6-11(7-9-13)15-14(10-20)18(21)25-17(16(15)22(23)24)12-4-2-1-3-5-12/h1-9,15-17H,21H2/t15-,16-,17-/m1/s1. The minimum Gasteiger partial charge on any atom is -0.393 e. The molecule has 1 aliphatic rings. The van der Waals surface area contributed by atoms with Gasteiger partial charge in [0.1, 0.15) is 5.25 Å².